The fraction of sp³-hybridized carbons (Fsp3) is 0.222. The van der Waals surface area contributed by atoms with Crippen molar-refractivity contribution in [1.82, 2.24) is 25.5 Å². The number of H-pyrrole nitrogens is 2. The Hall–Kier alpha value is -1.96. The van der Waals surface area contributed by atoms with Crippen LogP contribution >= 0.6 is 12.6 Å². The summed E-state index contributed by atoms with van der Waals surface area (Å²) >= 11 is 4.33. The van der Waals surface area contributed by atoms with E-state index in [0.717, 1.165) is 5.69 Å². The molecule has 7 nitrogen and oxygen atoms in total. The zero-order chi connectivity index (χ0) is 11.8. The first-order valence-corrected chi connectivity index (χ1v) is 5.54. The maximum Gasteiger partial charge on any atom is 0.273 e. The van der Waals surface area contributed by atoms with Crippen LogP contribution < -0.4 is 10.2 Å². The molecule has 3 heterocycles. The van der Waals surface area contributed by atoms with Gasteiger partial charge >= 0.3 is 0 Å². The van der Waals surface area contributed by atoms with Crippen molar-refractivity contribution in [2.24, 2.45) is 0 Å². The molecule has 0 bridgehead atoms. The van der Waals surface area contributed by atoms with Gasteiger partial charge in [-0.15, -0.1) is 12.6 Å². The van der Waals surface area contributed by atoms with Gasteiger partial charge in [-0.3, -0.25) is 9.89 Å². The number of rotatable bonds is 2. The van der Waals surface area contributed by atoms with Crippen LogP contribution in [0.3, 0.4) is 0 Å². The number of carbonyl (C=O) groups excluding carboxylic acids is 1. The van der Waals surface area contributed by atoms with Crippen LogP contribution in [0.15, 0.2) is 18.6 Å². The number of imidazole rings is 1. The quantitative estimate of drug-likeness (QED) is 0.569. The highest BCUT2D eigenvalue weighted by Crippen LogP contribution is 2.25. The van der Waals surface area contributed by atoms with E-state index in [1.165, 1.54) is 6.33 Å². The molecule has 1 aliphatic rings. The van der Waals surface area contributed by atoms with Crippen LogP contribution in [0.5, 0.6) is 0 Å². The van der Waals surface area contributed by atoms with Gasteiger partial charge in [0.25, 0.3) is 5.91 Å². The van der Waals surface area contributed by atoms with Gasteiger partial charge in [0.1, 0.15) is 11.2 Å². The summed E-state index contributed by atoms with van der Waals surface area (Å²) in [5, 5.41) is 9.47. The lowest BCUT2D eigenvalue weighted by atomic mass is 10.3. The minimum Gasteiger partial charge on any atom is -0.339 e. The number of hydrogen-bond acceptors (Lipinski definition) is 5. The Morgan fingerprint density at radius 3 is 3.18 bits per heavy atom. The number of nitrogens with zero attached hydrogens (tertiary/aromatic N) is 3. The van der Waals surface area contributed by atoms with Crippen molar-refractivity contribution in [2.75, 3.05) is 4.90 Å². The molecule has 3 N–H and O–H groups in total. The van der Waals surface area contributed by atoms with Gasteiger partial charge in [-0.1, -0.05) is 0 Å². The lowest BCUT2D eigenvalue weighted by molar-refractivity contribution is 0.0937. The zero-order valence-electron chi connectivity index (χ0n) is 8.71. The highest BCUT2D eigenvalue weighted by Gasteiger charge is 2.31. The van der Waals surface area contributed by atoms with E-state index in [9.17, 15) is 4.79 Å². The van der Waals surface area contributed by atoms with Crippen molar-refractivity contribution in [3.05, 3.63) is 30.0 Å². The van der Waals surface area contributed by atoms with Gasteiger partial charge in [0.15, 0.2) is 5.82 Å². The second-order valence-corrected chi connectivity index (χ2v) is 4.15. The van der Waals surface area contributed by atoms with Crippen molar-refractivity contribution in [2.45, 2.75) is 12.0 Å². The lowest BCUT2D eigenvalue weighted by Gasteiger charge is -2.32. The predicted molar refractivity (Wildman–Crippen MR) is 63.6 cm³/mol. The summed E-state index contributed by atoms with van der Waals surface area (Å²) in [5.74, 6) is 0.404. The number of aromatic amines is 2. The second-order valence-electron chi connectivity index (χ2n) is 3.66. The van der Waals surface area contributed by atoms with E-state index >= 15 is 0 Å². The Morgan fingerprint density at radius 2 is 2.41 bits per heavy atom. The molecule has 0 aliphatic carbocycles. The molecule has 1 amide bonds. The van der Waals surface area contributed by atoms with Gasteiger partial charge < -0.3 is 15.2 Å². The van der Waals surface area contributed by atoms with Crippen LogP contribution in [-0.4, -0.2) is 31.6 Å². The Morgan fingerprint density at radius 1 is 1.53 bits per heavy atom. The zero-order valence-corrected chi connectivity index (χ0v) is 9.61. The summed E-state index contributed by atoms with van der Waals surface area (Å²) in [7, 11) is 0. The van der Waals surface area contributed by atoms with Crippen molar-refractivity contribution in [1.29, 1.82) is 0 Å². The van der Waals surface area contributed by atoms with Crippen LogP contribution in [0.1, 0.15) is 16.2 Å². The molecule has 2 aromatic rings. The van der Waals surface area contributed by atoms with Crippen molar-refractivity contribution < 1.29 is 4.79 Å². The third kappa shape index (κ3) is 1.66. The van der Waals surface area contributed by atoms with Gasteiger partial charge in [0, 0.05) is 6.20 Å². The normalized spacial score (nSPS) is 19.0. The SMILES string of the molecule is O=C1NC(S)N(Cc2ccn[nH]2)c2nc[nH]c21. The topological polar surface area (TPSA) is 89.7 Å². The first kappa shape index (κ1) is 10.2. The number of nitrogens with one attached hydrogen (secondary N) is 3. The van der Waals surface area contributed by atoms with Crippen molar-refractivity contribution in [3.63, 3.8) is 0 Å². The Bertz CT molecular complexity index is 535. The number of amides is 1. The summed E-state index contributed by atoms with van der Waals surface area (Å²) in [6.45, 7) is 0.548. The van der Waals surface area contributed by atoms with E-state index in [0.29, 0.717) is 18.1 Å². The predicted octanol–water partition coefficient (Wildman–Crippen LogP) is 0.0962. The fourth-order valence-electron chi connectivity index (χ4n) is 1.77. The van der Waals surface area contributed by atoms with E-state index in [1.54, 1.807) is 6.20 Å². The minimum atomic E-state index is -0.401. The van der Waals surface area contributed by atoms with Gasteiger partial charge in [-0.05, 0) is 6.07 Å². The molecule has 0 aromatic carbocycles. The summed E-state index contributed by atoms with van der Waals surface area (Å²) in [6.07, 6.45) is 3.17. The second kappa shape index (κ2) is 3.81. The molecule has 3 rings (SSSR count). The number of hydrogen-bond donors (Lipinski definition) is 4. The first-order valence-electron chi connectivity index (χ1n) is 5.03. The largest absolute Gasteiger partial charge is 0.339 e. The molecule has 2 aromatic heterocycles. The monoisotopic (exact) mass is 250 g/mol. The fourth-order valence-corrected chi connectivity index (χ4v) is 2.08. The molecule has 1 aliphatic heterocycles. The summed E-state index contributed by atoms with van der Waals surface area (Å²) in [6, 6.07) is 1.86. The summed E-state index contributed by atoms with van der Waals surface area (Å²) in [4.78, 5) is 20.5. The van der Waals surface area contributed by atoms with Gasteiger partial charge in [-0.2, -0.15) is 5.10 Å². The molecule has 0 spiro atoms. The number of thiol groups is 1. The first-order chi connectivity index (χ1) is 8.25. The molecular weight excluding hydrogens is 240 g/mol. The lowest BCUT2D eigenvalue weighted by Crippen LogP contribution is -2.49. The molecule has 88 valence electrons. The molecular formula is C9H10N6OS. The van der Waals surface area contributed by atoms with Crippen LogP contribution in [0.25, 0.3) is 0 Å². The molecule has 0 saturated heterocycles. The minimum absolute atomic E-state index is 0.196. The molecule has 0 radical (unpaired) electrons. The van der Waals surface area contributed by atoms with Crippen LogP contribution in [0.4, 0.5) is 5.82 Å². The Balaban J connectivity index is 1.94. The molecule has 8 heteroatoms. The Kier molecular flexibility index (Phi) is 2.29. The average Bonchev–Trinajstić information content (AvgIpc) is 2.95. The maximum atomic E-state index is 11.6. The third-order valence-corrected chi connectivity index (χ3v) is 2.98. The summed E-state index contributed by atoms with van der Waals surface area (Å²) < 4.78 is 0. The molecule has 1 unspecified atom stereocenters. The van der Waals surface area contributed by atoms with Crippen LogP contribution in [0, 0.1) is 0 Å². The standard InChI is InChI=1S/C9H10N6OS/c16-8-6-7(11-4-10-6)15(9(17)13-8)3-5-1-2-12-14-5/h1-2,4,9,17H,3H2,(H,10,11)(H,12,14)(H,13,16). The van der Waals surface area contributed by atoms with Crippen LogP contribution in [0.2, 0.25) is 0 Å². The van der Waals surface area contributed by atoms with E-state index in [2.05, 4.69) is 38.1 Å². The van der Waals surface area contributed by atoms with Crippen LogP contribution in [-0.2, 0) is 6.54 Å². The van der Waals surface area contributed by atoms with Gasteiger partial charge in [0.05, 0.1) is 18.6 Å². The smallest absolute Gasteiger partial charge is 0.273 e. The Labute approximate surface area is 102 Å². The van der Waals surface area contributed by atoms with E-state index in [1.807, 2.05) is 11.0 Å². The third-order valence-electron chi connectivity index (χ3n) is 2.57. The molecule has 0 saturated carbocycles. The highest BCUT2D eigenvalue weighted by atomic mass is 32.1. The van der Waals surface area contributed by atoms with Crippen molar-refractivity contribution >= 4 is 24.4 Å². The number of carbonyl (C=O) groups is 1. The summed E-state index contributed by atoms with van der Waals surface area (Å²) in [5.41, 5.74) is 0.977. The van der Waals surface area contributed by atoms with E-state index in [4.69, 9.17) is 0 Å². The number of anilines is 1. The van der Waals surface area contributed by atoms with Gasteiger partial charge in [0.2, 0.25) is 0 Å². The highest BCUT2D eigenvalue weighted by molar-refractivity contribution is 7.81. The molecule has 17 heavy (non-hydrogen) atoms. The number of aromatic nitrogens is 4. The van der Waals surface area contributed by atoms with Crippen molar-refractivity contribution in [3.8, 4) is 0 Å². The van der Waals surface area contributed by atoms with E-state index < -0.39 is 5.50 Å². The molecule has 0 fully saturated rings. The molecule has 1 atom stereocenters. The van der Waals surface area contributed by atoms with E-state index in [-0.39, 0.29) is 5.91 Å². The van der Waals surface area contributed by atoms with Gasteiger partial charge in [-0.25, -0.2) is 4.98 Å². The average molecular weight is 250 g/mol. The maximum absolute atomic E-state index is 11.6. The number of fused-ring (bicyclic) bond motifs is 1.